The molecule has 1 aromatic heterocycles. The molecular weight excluding hydrogens is 162 g/mol. The molecule has 13 heavy (non-hydrogen) atoms. The van der Waals surface area contributed by atoms with Crippen LogP contribution in [0.5, 0.6) is 0 Å². The van der Waals surface area contributed by atoms with Crippen LogP contribution in [-0.4, -0.2) is 12.3 Å². The van der Waals surface area contributed by atoms with Gasteiger partial charge in [0, 0.05) is 12.8 Å². The van der Waals surface area contributed by atoms with E-state index in [1.165, 1.54) is 32.1 Å². The molecule has 0 atom stereocenters. The second-order valence-corrected chi connectivity index (χ2v) is 3.66. The normalized spacial score (nSPS) is 19.7. The van der Waals surface area contributed by atoms with E-state index < -0.39 is 0 Å². The third kappa shape index (κ3) is 2.44. The summed E-state index contributed by atoms with van der Waals surface area (Å²) >= 11 is 0. The van der Waals surface area contributed by atoms with Crippen LogP contribution in [0.25, 0.3) is 0 Å². The molecule has 1 aliphatic rings. The summed E-state index contributed by atoms with van der Waals surface area (Å²) < 4.78 is 5.21. The van der Waals surface area contributed by atoms with Gasteiger partial charge >= 0.3 is 0 Å². The molecule has 1 saturated carbocycles. The van der Waals surface area contributed by atoms with Crippen molar-refractivity contribution in [3.63, 3.8) is 0 Å². The topological polar surface area (TPSA) is 27.1 Å². The monoisotopic (exact) mass is 178 g/mol. The average molecular weight is 178 g/mol. The van der Waals surface area contributed by atoms with Gasteiger partial charge in [-0.3, -0.25) is 0 Å². The third-order valence-electron chi connectivity index (χ3n) is 2.61. The highest BCUT2D eigenvalue weighted by Crippen LogP contribution is 2.14. The fourth-order valence-corrected chi connectivity index (χ4v) is 1.84. The smallest absolute Gasteiger partial charge is 0.205 e. The molecular formula is C11H16NO+. The van der Waals surface area contributed by atoms with Gasteiger partial charge in [0.1, 0.15) is 0 Å². The van der Waals surface area contributed by atoms with E-state index in [9.17, 15) is 0 Å². The first kappa shape index (κ1) is 8.54. The Morgan fingerprint density at radius 3 is 2.85 bits per heavy atom. The van der Waals surface area contributed by atoms with Crippen molar-refractivity contribution in [3.05, 3.63) is 24.2 Å². The molecule has 0 unspecified atom stereocenters. The minimum atomic E-state index is 0.666. The lowest BCUT2D eigenvalue weighted by Crippen LogP contribution is -2.76. The van der Waals surface area contributed by atoms with Gasteiger partial charge in [-0.15, -0.1) is 0 Å². The van der Waals surface area contributed by atoms with Gasteiger partial charge in [0.2, 0.25) is 6.21 Å². The molecule has 1 aliphatic carbocycles. The molecule has 1 fully saturated rings. The fraction of sp³-hybridized carbons (Fsp3) is 0.545. The lowest BCUT2D eigenvalue weighted by Gasteiger charge is -2.12. The Hall–Kier alpha value is -1.05. The lowest BCUT2D eigenvalue weighted by molar-refractivity contribution is -0.502. The van der Waals surface area contributed by atoms with E-state index in [-0.39, 0.29) is 0 Å². The van der Waals surface area contributed by atoms with E-state index in [2.05, 4.69) is 4.99 Å². The van der Waals surface area contributed by atoms with Crippen LogP contribution in [0.1, 0.15) is 37.9 Å². The molecule has 1 aromatic rings. The summed E-state index contributed by atoms with van der Waals surface area (Å²) in [5.41, 5.74) is 0. The first-order valence-electron chi connectivity index (χ1n) is 5.08. The number of hydrogen-bond donors (Lipinski definition) is 1. The van der Waals surface area contributed by atoms with E-state index in [0.717, 1.165) is 5.76 Å². The van der Waals surface area contributed by atoms with Crippen molar-refractivity contribution in [3.8, 4) is 0 Å². The van der Waals surface area contributed by atoms with Crippen molar-refractivity contribution in [2.45, 2.75) is 38.1 Å². The zero-order valence-electron chi connectivity index (χ0n) is 7.83. The lowest BCUT2D eigenvalue weighted by atomic mass is 9.96. The molecule has 0 spiro atoms. The van der Waals surface area contributed by atoms with Crippen LogP contribution in [0.15, 0.2) is 22.8 Å². The van der Waals surface area contributed by atoms with E-state index in [1.807, 2.05) is 18.3 Å². The standard InChI is InChI=1S/C11H15NO/c1-2-5-10(6-3-1)12-9-11-7-4-8-13-11/h4,7-10H,1-3,5-6H2/p+1. The molecule has 1 N–H and O–H groups in total. The Morgan fingerprint density at radius 2 is 2.15 bits per heavy atom. The maximum absolute atomic E-state index is 5.21. The van der Waals surface area contributed by atoms with Crippen LogP contribution in [0, 0.1) is 0 Å². The average Bonchev–Trinajstić information content (AvgIpc) is 2.69. The molecule has 0 aliphatic heterocycles. The van der Waals surface area contributed by atoms with Crippen molar-refractivity contribution in [2.24, 2.45) is 0 Å². The highest BCUT2D eigenvalue weighted by molar-refractivity contribution is 5.70. The third-order valence-corrected chi connectivity index (χ3v) is 2.61. The molecule has 1 heterocycles. The largest absolute Gasteiger partial charge is 0.459 e. The van der Waals surface area contributed by atoms with Gasteiger partial charge in [0.25, 0.3) is 0 Å². The zero-order chi connectivity index (χ0) is 8.93. The van der Waals surface area contributed by atoms with E-state index >= 15 is 0 Å². The summed E-state index contributed by atoms with van der Waals surface area (Å²) in [7, 11) is 0. The van der Waals surface area contributed by atoms with Gasteiger partial charge in [-0.25, -0.2) is 4.99 Å². The minimum Gasteiger partial charge on any atom is -0.459 e. The Bertz CT molecular complexity index is 258. The van der Waals surface area contributed by atoms with Gasteiger partial charge in [-0.1, -0.05) is 6.42 Å². The van der Waals surface area contributed by atoms with Crippen molar-refractivity contribution < 1.29 is 9.41 Å². The molecule has 0 saturated heterocycles. The van der Waals surface area contributed by atoms with Crippen molar-refractivity contribution in [2.75, 3.05) is 0 Å². The molecule has 2 heteroatoms. The van der Waals surface area contributed by atoms with Crippen LogP contribution in [0.2, 0.25) is 0 Å². The summed E-state index contributed by atoms with van der Waals surface area (Å²) in [6.45, 7) is 0. The Kier molecular flexibility index (Phi) is 2.80. The number of hydrogen-bond acceptors (Lipinski definition) is 1. The van der Waals surface area contributed by atoms with Crippen LogP contribution in [0.4, 0.5) is 0 Å². The predicted octanol–water partition coefficient (Wildman–Crippen LogP) is 1.11. The highest BCUT2D eigenvalue weighted by Gasteiger charge is 2.15. The van der Waals surface area contributed by atoms with Gasteiger partial charge < -0.3 is 4.42 Å². The van der Waals surface area contributed by atoms with E-state index in [4.69, 9.17) is 4.42 Å². The Balaban J connectivity index is 1.89. The molecule has 0 aromatic carbocycles. The van der Waals surface area contributed by atoms with Crippen molar-refractivity contribution in [1.29, 1.82) is 0 Å². The summed E-state index contributed by atoms with van der Waals surface area (Å²) in [4.78, 5) is 3.41. The first-order valence-corrected chi connectivity index (χ1v) is 5.08. The molecule has 2 rings (SSSR count). The molecule has 0 bridgehead atoms. The second-order valence-electron chi connectivity index (χ2n) is 3.66. The molecule has 2 nitrogen and oxygen atoms in total. The number of rotatable bonds is 2. The van der Waals surface area contributed by atoms with Crippen molar-refractivity contribution in [1.82, 2.24) is 0 Å². The van der Waals surface area contributed by atoms with Gasteiger partial charge in [-0.05, 0) is 25.0 Å². The Morgan fingerprint density at radius 1 is 1.31 bits per heavy atom. The Labute approximate surface area is 78.7 Å². The van der Waals surface area contributed by atoms with Crippen LogP contribution in [0.3, 0.4) is 0 Å². The van der Waals surface area contributed by atoms with E-state index in [1.54, 1.807) is 6.26 Å². The van der Waals surface area contributed by atoms with Crippen LogP contribution in [-0.2, 0) is 0 Å². The van der Waals surface area contributed by atoms with Gasteiger partial charge in [-0.2, -0.15) is 0 Å². The maximum Gasteiger partial charge on any atom is 0.205 e. The summed E-state index contributed by atoms with van der Waals surface area (Å²) in [6, 6.07) is 4.54. The quantitative estimate of drug-likeness (QED) is 0.675. The van der Waals surface area contributed by atoms with Gasteiger partial charge in [0.05, 0.1) is 6.26 Å². The SMILES string of the molecule is C(=[NH+]C1CCCCC1)c1ccco1. The van der Waals surface area contributed by atoms with Crippen LogP contribution < -0.4 is 4.99 Å². The van der Waals surface area contributed by atoms with Gasteiger partial charge in [0.15, 0.2) is 11.8 Å². The second kappa shape index (κ2) is 4.26. The van der Waals surface area contributed by atoms with Crippen molar-refractivity contribution >= 4 is 6.21 Å². The van der Waals surface area contributed by atoms with Crippen LogP contribution >= 0.6 is 0 Å². The predicted molar refractivity (Wildman–Crippen MR) is 51.7 cm³/mol. The molecule has 70 valence electrons. The molecule has 0 amide bonds. The first-order chi connectivity index (χ1) is 6.45. The fourth-order valence-electron chi connectivity index (χ4n) is 1.84. The zero-order valence-corrected chi connectivity index (χ0v) is 7.83. The number of nitrogens with one attached hydrogen (secondary N) is 1. The minimum absolute atomic E-state index is 0.666. The number of furan rings is 1. The summed E-state index contributed by atoms with van der Waals surface area (Å²) in [5, 5.41) is 0. The summed E-state index contributed by atoms with van der Waals surface area (Å²) in [6.07, 6.45) is 10.4. The molecule has 0 radical (unpaired) electrons. The van der Waals surface area contributed by atoms with E-state index in [0.29, 0.717) is 6.04 Å². The highest BCUT2D eigenvalue weighted by atomic mass is 16.3. The summed E-state index contributed by atoms with van der Waals surface area (Å²) in [5.74, 6) is 0.922. The maximum atomic E-state index is 5.21.